The summed E-state index contributed by atoms with van der Waals surface area (Å²) in [6.07, 6.45) is 0. The van der Waals surface area contributed by atoms with Gasteiger partial charge in [-0.3, -0.25) is 14.3 Å². The second kappa shape index (κ2) is 7.98. The van der Waals surface area contributed by atoms with Crippen molar-refractivity contribution >= 4 is 34.2 Å². The van der Waals surface area contributed by atoms with Crippen LogP contribution in [0.4, 0.5) is 15.8 Å². The molecule has 2 N–H and O–H groups in total. The summed E-state index contributed by atoms with van der Waals surface area (Å²) in [6, 6.07) is 15.3. The fraction of sp³-hybridized carbons (Fsp3) is 0.130. The quantitative estimate of drug-likeness (QED) is 0.518. The number of nitrogens with zero attached hydrogens (tertiary/aromatic N) is 3. The predicted octanol–water partition coefficient (Wildman–Crippen LogP) is 4.29. The molecule has 0 spiro atoms. The number of halogens is 1. The molecule has 2 heterocycles. The van der Waals surface area contributed by atoms with E-state index in [1.807, 2.05) is 37.3 Å². The molecule has 0 aliphatic heterocycles. The highest BCUT2D eigenvalue weighted by Crippen LogP contribution is 2.28. The molecule has 0 unspecified atom stereocenters. The molecule has 0 bridgehead atoms. The van der Waals surface area contributed by atoms with Gasteiger partial charge in [0.25, 0.3) is 5.91 Å². The number of fused-ring (bicyclic) bond motifs is 1. The zero-order valence-corrected chi connectivity index (χ0v) is 17.2. The topological polar surface area (TPSA) is 88.9 Å². The number of aryl methyl sites for hydroxylation is 2. The molecule has 31 heavy (non-hydrogen) atoms. The van der Waals surface area contributed by atoms with E-state index in [1.165, 1.54) is 25.1 Å². The molecule has 4 rings (SSSR count). The molecule has 4 aromatic rings. The van der Waals surface area contributed by atoms with Gasteiger partial charge in [-0.05, 0) is 31.2 Å². The zero-order chi connectivity index (χ0) is 22.1. The summed E-state index contributed by atoms with van der Waals surface area (Å²) in [5, 5.41) is 10.2. The molecule has 2 aromatic carbocycles. The largest absolute Gasteiger partial charge is 0.324 e. The maximum atomic E-state index is 13.9. The number of anilines is 2. The minimum Gasteiger partial charge on any atom is -0.324 e. The molecule has 0 atom stereocenters. The van der Waals surface area contributed by atoms with E-state index in [2.05, 4.69) is 15.7 Å². The van der Waals surface area contributed by atoms with Crippen molar-refractivity contribution in [2.75, 3.05) is 10.6 Å². The molecule has 156 valence electrons. The molecule has 0 radical (unpaired) electrons. The lowest BCUT2D eigenvalue weighted by atomic mass is 10.0. The van der Waals surface area contributed by atoms with Gasteiger partial charge in [-0.2, -0.15) is 5.10 Å². The van der Waals surface area contributed by atoms with Gasteiger partial charge in [-0.1, -0.05) is 30.3 Å². The lowest BCUT2D eigenvalue weighted by Crippen LogP contribution is -2.14. The minimum absolute atomic E-state index is 0.00675. The summed E-state index contributed by atoms with van der Waals surface area (Å²) in [7, 11) is 1.78. The number of carbonyl (C=O) groups is 2. The van der Waals surface area contributed by atoms with Crippen molar-refractivity contribution in [1.29, 1.82) is 0 Å². The Morgan fingerprint density at radius 3 is 2.48 bits per heavy atom. The lowest BCUT2D eigenvalue weighted by Gasteiger charge is -2.11. The van der Waals surface area contributed by atoms with Crippen molar-refractivity contribution in [3.63, 3.8) is 0 Å². The Balaban J connectivity index is 1.78. The summed E-state index contributed by atoms with van der Waals surface area (Å²) in [5.74, 6) is -1.38. The van der Waals surface area contributed by atoms with Gasteiger partial charge in [0.05, 0.1) is 28.0 Å². The molecule has 0 aliphatic rings. The summed E-state index contributed by atoms with van der Waals surface area (Å²) < 4.78 is 15.6. The van der Waals surface area contributed by atoms with Gasteiger partial charge in [0.1, 0.15) is 5.82 Å². The van der Waals surface area contributed by atoms with E-state index >= 15 is 0 Å². The van der Waals surface area contributed by atoms with E-state index in [9.17, 15) is 14.0 Å². The summed E-state index contributed by atoms with van der Waals surface area (Å²) in [6.45, 7) is 3.10. The molecule has 0 aliphatic carbocycles. The first kappa shape index (κ1) is 20.2. The van der Waals surface area contributed by atoms with Crippen LogP contribution in [0.25, 0.3) is 22.3 Å². The van der Waals surface area contributed by atoms with Crippen LogP contribution in [0.1, 0.15) is 23.0 Å². The number of rotatable bonds is 4. The first-order chi connectivity index (χ1) is 14.8. The highest BCUT2D eigenvalue weighted by molar-refractivity contribution is 6.13. The van der Waals surface area contributed by atoms with Crippen LogP contribution in [-0.4, -0.2) is 26.6 Å². The SMILES string of the molecule is CC(=O)Nc1cc(NC(=O)c2cc(-c3ccccc3)nc3c2c(C)nn3C)ccc1F. The number of hydrogen-bond acceptors (Lipinski definition) is 4. The third-order valence-electron chi connectivity index (χ3n) is 4.82. The van der Waals surface area contributed by atoms with Gasteiger partial charge in [0, 0.05) is 25.2 Å². The van der Waals surface area contributed by atoms with Crippen molar-refractivity contribution in [3.8, 4) is 11.3 Å². The molecule has 0 saturated carbocycles. The Bertz CT molecular complexity index is 1310. The first-order valence-corrected chi connectivity index (χ1v) is 9.61. The number of benzene rings is 2. The molecule has 7 nitrogen and oxygen atoms in total. The van der Waals surface area contributed by atoms with E-state index in [0.717, 1.165) is 5.56 Å². The Morgan fingerprint density at radius 1 is 1.03 bits per heavy atom. The van der Waals surface area contributed by atoms with Crippen LogP contribution in [0.15, 0.2) is 54.6 Å². The van der Waals surface area contributed by atoms with Gasteiger partial charge >= 0.3 is 0 Å². The number of hydrogen-bond donors (Lipinski definition) is 2. The van der Waals surface area contributed by atoms with Crippen molar-refractivity contribution in [3.05, 3.63) is 71.7 Å². The number of pyridine rings is 1. The summed E-state index contributed by atoms with van der Waals surface area (Å²) in [4.78, 5) is 29.2. The van der Waals surface area contributed by atoms with E-state index in [0.29, 0.717) is 33.7 Å². The maximum absolute atomic E-state index is 13.9. The van der Waals surface area contributed by atoms with Crippen LogP contribution in [0.2, 0.25) is 0 Å². The summed E-state index contributed by atoms with van der Waals surface area (Å²) >= 11 is 0. The van der Waals surface area contributed by atoms with Crippen molar-refractivity contribution in [2.24, 2.45) is 7.05 Å². The van der Waals surface area contributed by atoms with Crippen molar-refractivity contribution in [2.45, 2.75) is 13.8 Å². The second-order valence-corrected chi connectivity index (χ2v) is 7.16. The Hall–Kier alpha value is -4.07. The fourth-order valence-corrected chi connectivity index (χ4v) is 3.47. The van der Waals surface area contributed by atoms with Crippen LogP contribution in [0.5, 0.6) is 0 Å². The number of carbonyl (C=O) groups excluding carboxylic acids is 2. The number of amides is 2. The lowest BCUT2D eigenvalue weighted by molar-refractivity contribution is -0.114. The minimum atomic E-state index is -0.589. The smallest absolute Gasteiger partial charge is 0.256 e. The van der Waals surface area contributed by atoms with Gasteiger partial charge in [-0.25, -0.2) is 9.37 Å². The monoisotopic (exact) mass is 417 g/mol. The molecule has 0 fully saturated rings. The average molecular weight is 417 g/mol. The number of nitrogens with one attached hydrogen (secondary N) is 2. The molecule has 2 aromatic heterocycles. The Morgan fingerprint density at radius 2 is 1.77 bits per heavy atom. The fourth-order valence-electron chi connectivity index (χ4n) is 3.47. The molecule has 2 amide bonds. The van der Waals surface area contributed by atoms with Crippen molar-refractivity contribution in [1.82, 2.24) is 14.8 Å². The normalized spacial score (nSPS) is 10.8. The molecular weight excluding hydrogens is 397 g/mol. The Labute approximate surface area is 177 Å². The molecular formula is C23H20FN5O2. The van der Waals surface area contributed by atoms with Crippen LogP contribution in [-0.2, 0) is 11.8 Å². The van der Waals surface area contributed by atoms with Crippen LogP contribution in [0.3, 0.4) is 0 Å². The van der Waals surface area contributed by atoms with Gasteiger partial charge < -0.3 is 10.6 Å². The standard InChI is InChI=1S/C23H20FN5O2/c1-13-21-17(23(31)26-16-9-10-18(24)20(11-16)25-14(2)30)12-19(15-7-5-4-6-8-15)27-22(21)29(3)28-13/h4-12H,1-3H3,(H,25,30)(H,26,31). The van der Waals surface area contributed by atoms with Gasteiger partial charge in [0.15, 0.2) is 5.65 Å². The second-order valence-electron chi connectivity index (χ2n) is 7.16. The summed E-state index contributed by atoms with van der Waals surface area (Å²) in [5.41, 5.74) is 3.51. The average Bonchev–Trinajstić information content (AvgIpc) is 3.03. The van der Waals surface area contributed by atoms with Crippen LogP contribution >= 0.6 is 0 Å². The third-order valence-corrected chi connectivity index (χ3v) is 4.82. The first-order valence-electron chi connectivity index (χ1n) is 9.61. The van der Waals surface area contributed by atoms with Crippen LogP contribution in [0, 0.1) is 12.7 Å². The maximum Gasteiger partial charge on any atom is 0.256 e. The highest BCUT2D eigenvalue weighted by atomic mass is 19.1. The molecule has 0 saturated heterocycles. The van der Waals surface area contributed by atoms with E-state index in [-0.39, 0.29) is 11.6 Å². The van der Waals surface area contributed by atoms with Gasteiger partial charge in [0.2, 0.25) is 5.91 Å². The number of aromatic nitrogens is 3. The van der Waals surface area contributed by atoms with Crippen molar-refractivity contribution < 1.29 is 14.0 Å². The molecule has 8 heteroatoms. The van der Waals surface area contributed by atoms with E-state index in [4.69, 9.17) is 4.98 Å². The van der Waals surface area contributed by atoms with E-state index < -0.39 is 11.7 Å². The van der Waals surface area contributed by atoms with E-state index in [1.54, 1.807) is 17.8 Å². The third kappa shape index (κ3) is 4.00. The Kier molecular flexibility index (Phi) is 5.21. The highest BCUT2D eigenvalue weighted by Gasteiger charge is 2.20. The zero-order valence-electron chi connectivity index (χ0n) is 17.2. The van der Waals surface area contributed by atoms with Gasteiger partial charge in [-0.15, -0.1) is 0 Å². The predicted molar refractivity (Wildman–Crippen MR) is 117 cm³/mol. The van der Waals surface area contributed by atoms with Crippen LogP contribution < -0.4 is 10.6 Å².